The molecule has 22 heavy (non-hydrogen) atoms. The summed E-state index contributed by atoms with van der Waals surface area (Å²) < 4.78 is 28.5. The Morgan fingerprint density at radius 3 is 2.36 bits per heavy atom. The lowest BCUT2D eigenvalue weighted by atomic mass is 10.1. The molecule has 4 heteroatoms. The summed E-state index contributed by atoms with van der Waals surface area (Å²) in [6.45, 7) is -2.81. The van der Waals surface area contributed by atoms with Gasteiger partial charge < -0.3 is 4.74 Å². The third-order valence-electron chi connectivity index (χ3n) is 3.22. The highest BCUT2D eigenvalue weighted by molar-refractivity contribution is 5.95. The zero-order valence-corrected chi connectivity index (χ0v) is 11.6. The molecule has 0 unspecified atom stereocenters. The number of nitrogens with zero attached hydrogens (tertiary/aromatic N) is 1. The third kappa shape index (κ3) is 3.28. The van der Waals surface area contributed by atoms with E-state index in [1.807, 2.05) is 42.5 Å². The van der Waals surface area contributed by atoms with Gasteiger partial charge in [-0.3, -0.25) is 4.99 Å². The number of rotatable bonds is 4. The van der Waals surface area contributed by atoms with E-state index >= 15 is 0 Å². The molecule has 2 nitrogen and oxygen atoms in total. The molecule has 110 valence electrons. The van der Waals surface area contributed by atoms with E-state index in [0.717, 1.165) is 22.0 Å². The first kappa shape index (κ1) is 14.2. The molecule has 0 amide bonds. The maximum absolute atomic E-state index is 12.1. The number of hydrogen-bond acceptors (Lipinski definition) is 2. The van der Waals surface area contributed by atoms with Gasteiger partial charge in [0.15, 0.2) is 0 Å². The molecule has 3 aromatic rings. The fraction of sp³-hybridized carbons (Fsp3) is 0.0556. The Labute approximate surface area is 126 Å². The fourth-order valence-corrected chi connectivity index (χ4v) is 2.20. The van der Waals surface area contributed by atoms with E-state index in [2.05, 4.69) is 9.73 Å². The minimum absolute atomic E-state index is 0.136. The van der Waals surface area contributed by atoms with E-state index in [1.54, 1.807) is 18.3 Å². The van der Waals surface area contributed by atoms with Crippen molar-refractivity contribution in [3.63, 3.8) is 0 Å². The standard InChI is InChI=1S/C18H13F2NO/c19-18(20)22-15-10-8-13(9-11-15)12-21-17-7-3-5-14-4-1-2-6-16(14)17/h1-12,18H. The largest absolute Gasteiger partial charge is 0.435 e. The first-order chi connectivity index (χ1) is 10.7. The molecule has 0 aliphatic heterocycles. The molecule has 0 spiro atoms. The molecule has 3 rings (SSSR count). The SMILES string of the molecule is FC(F)Oc1ccc(C=Nc2cccc3ccccc23)cc1. The first-order valence-electron chi connectivity index (χ1n) is 6.79. The van der Waals surface area contributed by atoms with Crippen LogP contribution in [0.15, 0.2) is 71.7 Å². The zero-order chi connectivity index (χ0) is 15.4. The number of alkyl halides is 2. The second-order valence-corrected chi connectivity index (χ2v) is 4.70. The maximum Gasteiger partial charge on any atom is 0.387 e. The fourth-order valence-electron chi connectivity index (χ4n) is 2.20. The van der Waals surface area contributed by atoms with Gasteiger partial charge in [-0.2, -0.15) is 8.78 Å². The van der Waals surface area contributed by atoms with Gasteiger partial charge in [-0.25, -0.2) is 0 Å². The molecule has 0 atom stereocenters. The predicted molar refractivity (Wildman–Crippen MR) is 84.3 cm³/mol. The maximum atomic E-state index is 12.1. The van der Waals surface area contributed by atoms with Crippen molar-refractivity contribution in [2.24, 2.45) is 4.99 Å². The van der Waals surface area contributed by atoms with Gasteiger partial charge in [0.05, 0.1) is 5.69 Å². The molecule has 3 aromatic carbocycles. The van der Waals surface area contributed by atoms with Crippen LogP contribution in [0, 0.1) is 0 Å². The van der Waals surface area contributed by atoms with Crippen molar-refractivity contribution in [2.75, 3.05) is 0 Å². The molecule has 0 heterocycles. The van der Waals surface area contributed by atoms with Crippen LogP contribution in [0.5, 0.6) is 5.75 Å². The molecule has 0 bridgehead atoms. The number of fused-ring (bicyclic) bond motifs is 1. The molecular weight excluding hydrogens is 284 g/mol. The van der Waals surface area contributed by atoms with Crippen molar-refractivity contribution < 1.29 is 13.5 Å². The monoisotopic (exact) mass is 297 g/mol. The second-order valence-electron chi connectivity index (χ2n) is 4.70. The normalized spacial score (nSPS) is 11.4. The minimum atomic E-state index is -2.81. The summed E-state index contributed by atoms with van der Waals surface area (Å²) in [6.07, 6.45) is 1.70. The van der Waals surface area contributed by atoms with Crippen LogP contribution >= 0.6 is 0 Å². The van der Waals surface area contributed by atoms with Crippen LogP contribution in [0.3, 0.4) is 0 Å². The molecule has 0 fully saturated rings. The summed E-state index contributed by atoms with van der Waals surface area (Å²) in [5.74, 6) is 0.136. The first-order valence-corrected chi connectivity index (χ1v) is 6.79. The van der Waals surface area contributed by atoms with Crippen molar-refractivity contribution >= 4 is 22.7 Å². The van der Waals surface area contributed by atoms with Gasteiger partial charge in [-0.15, -0.1) is 0 Å². The quantitative estimate of drug-likeness (QED) is 0.607. The molecule has 0 aliphatic rings. The zero-order valence-electron chi connectivity index (χ0n) is 11.6. The highest BCUT2D eigenvalue weighted by Crippen LogP contribution is 2.25. The van der Waals surface area contributed by atoms with Crippen LogP contribution in [0.25, 0.3) is 10.8 Å². The summed E-state index contributed by atoms with van der Waals surface area (Å²) in [5.41, 5.74) is 1.68. The van der Waals surface area contributed by atoms with E-state index in [-0.39, 0.29) is 5.75 Å². The van der Waals surface area contributed by atoms with Crippen molar-refractivity contribution in [3.05, 3.63) is 72.3 Å². The Balaban J connectivity index is 1.84. The highest BCUT2D eigenvalue weighted by atomic mass is 19.3. The van der Waals surface area contributed by atoms with Crippen molar-refractivity contribution in [3.8, 4) is 5.75 Å². The molecule has 0 N–H and O–H groups in total. The lowest BCUT2D eigenvalue weighted by molar-refractivity contribution is -0.0498. The summed E-state index contributed by atoms with van der Waals surface area (Å²) in [7, 11) is 0. The van der Waals surface area contributed by atoms with E-state index in [4.69, 9.17) is 0 Å². The van der Waals surface area contributed by atoms with Gasteiger partial charge in [-0.05, 0) is 41.3 Å². The summed E-state index contributed by atoms with van der Waals surface area (Å²) in [4.78, 5) is 4.48. The van der Waals surface area contributed by atoms with Crippen LogP contribution in [-0.2, 0) is 0 Å². The van der Waals surface area contributed by atoms with Crippen LogP contribution in [0.1, 0.15) is 5.56 Å². The molecule has 0 saturated heterocycles. The Bertz CT molecular complexity index is 792. The molecule has 0 aliphatic carbocycles. The smallest absolute Gasteiger partial charge is 0.387 e. The summed E-state index contributed by atoms with van der Waals surface area (Å²) in [6, 6.07) is 20.3. The number of benzene rings is 3. The van der Waals surface area contributed by atoms with E-state index in [0.29, 0.717) is 0 Å². The van der Waals surface area contributed by atoms with Crippen LogP contribution < -0.4 is 4.74 Å². The third-order valence-corrected chi connectivity index (χ3v) is 3.22. The Morgan fingerprint density at radius 2 is 1.59 bits per heavy atom. The van der Waals surface area contributed by atoms with Crippen molar-refractivity contribution in [2.45, 2.75) is 6.61 Å². The van der Waals surface area contributed by atoms with Gasteiger partial charge in [0.2, 0.25) is 0 Å². The average Bonchev–Trinajstić information content (AvgIpc) is 2.54. The number of aliphatic imine (C=N–C) groups is 1. The lowest BCUT2D eigenvalue weighted by Gasteiger charge is -2.04. The van der Waals surface area contributed by atoms with Gasteiger partial charge in [0.25, 0.3) is 0 Å². The van der Waals surface area contributed by atoms with E-state index < -0.39 is 6.61 Å². The molecule has 0 aromatic heterocycles. The molecule has 0 radical (unpaired) electrons. The van der Waals surface area contributed by atoms with E-state index in [1.165, 1.54) is 12.1 Å². The number of ether oxygens (including phenoxy) is 1. The molecule has 0 saturated carbocycles. The van der Waals surface area contributed by atoms with Crippen molar-refractivity contribution in [1.82, 2.24) is 0 Å². The second kappa shape index (κ2) is 6.35. The van der Waals surface area contributed by atoms with Gasteiger partial charge in [0.1, 0.15) is 5.75 Å². The Hall–Kier alpha value is -2.75. The summed E-state index contributed by atoms with van der Waals surface area (Å²) >= 11 is 0. The van der Waals surface area contributed by atoms with Crippen LogP contribution in [-0.4, -0.2) is 12.8 Å². The average molecular weight is 297 g/mol. The molecular formula is C18H13F2NO. The number of hydrogen-bond donors (Lipinski definition) is 0. The van der Waals surface area contributed by atoms with Gasteiger partial charge in [0, 0.05) is 11.6 Å². The Morgan fingerprint density at radius 1 is 0.864 bits per heavy atom. The lowest BCUT2D eigenvalue weighted by Crippen LogP contribution is -2.01. The van der Waals surface area contributed by atoms with Gasteiger partial charge in [-0.1, -0.05) is 36.4 Å². The predicted octanol–water partition coefficient (Wildman–Crippen LogP) is 5.19. The van der Waals surface area contributed by atoms with Crippen LogP contribution in [0.2, 0.25) is 0 Å². The van der Waals surface area contributed by atoms with E-state index in [9.17, 15) is 8.78 Å². The minimum Gasteiger partial charge on any atom is -0.435 e. The number of halogens is 2. The van der Waals surface area contributed by atoms with Crippen LogP contribution in [0.4, 0.5) is 14.5 Å². The van der Waals surface area contributed by atoms with Gasteiger partial charge >= 0.3 is 6.61 Å². The highest BCUT2D eigenvalue weighted by Gasteiger charge is 2.03. The summed E-state index contributed by atoms with van der Waals surface area (Å²) in [5, 5.41) is 2.19. The van der Waals surface area contributed by atoms with Crippen molar-refractivity contribution in [1.29, 1.82) is 0 Å². The Kier molecular flexibility index (Phi) is 4.10. The topological polar surface area (TPSA) is 21.6 Å².